The van der Waals surface area contributed by atoms with Crippen LogP contribution in [0.3, 0.4) is 0 Å². The van der Waals surface area contributed by atoms with Gasteiger partial charge in [-0.3, -0.25) is 9.79 Å². The second-order valence-corrected chi connectivity index (χ2v) is 7.76. The van der Waals surface area contributed by atoms with Gasteiger partial charge in [0.1, 0.15) is 12.4 Å². The molecule has 0 fully saturated rings. The van der Waals surface area contributed by atoms with Crippen molar-refractivity contribution in [2.45, 2.75) is 38.1 Å². The number of pyridine rings is 1. The molecule has 1 aliphatic carbocycles. The number of aliphatic hydroxyl groups is 2. The molecule has 1 aromatic heterocycles. The van der Waals surface area contributed by atoms with E-state index in [4.69, 9.17) is 15.5 Å². The Labute approximate surface area is 166 Å². The molecule has 0 spiro atoms. The lowest BCUT2D eigenvalue weighted by molar-refractivity contribution is -0.172. The number of dihydropyridines is 1. The van der Waals surface area contributed by atoms with Crippen LogP contribution in [0.4, 0.5) is 0 Å². The number of carbonyl (C=O) groups is 1. The van der Waals surface area contributed by atoms with Crippen molar-refractivity contribution in [2.75, 3.05) is 6.54 Å². The van der Waals surface area contributed by atoms with Crippen molar-refractivity contribution in [1.82, 2.24) is 4.57 Å². The lowest BCUT2D eigenvalue weighted by Gasteiger charge is -2.32. The molecule has 0 amide bonds. The molecule has 0 saturated carbocycles. The van der Waals surface area contributed by atoms with E-state index in [1.807, 2.05) is 12.2 Å². The van der Waals surface area contributed by atoms with Crippen LogP contribution in [0.2, 0.25) is 0 Å². The average molecular weight is 395 g/mol. The first kappa shape index (κ1) is 18.1. The number of cyclic esters (lactones) is 1. The maximum atomic E-state index is 13.1. The van der Waals surface area contributed by atoms with Gasteiger partial charge in [-0.15, -0.1) is 0 Å². The second kappa shape index (κ2) is 6.01. The van der Waals surface area contributed by atoms with Gasteiger partial charge in [0.25, 0.3) is 5.56 Å². The van der Waals surface area contributed by atoms with Crippen LogP contribution < -0.4 is 11.3 Å². The van der Waals surface area contributed by atoms with Gasteiger partial charge in [0.15, 0.2) is 5.60 Å². The number of nitrogens with zero attached hydrogens (tertiary/aromatic N) is 2. The zero-order valence-electron chi connectivity index (χ0n) is 15.9. The molecule has 29 heavy (non-hydrogen) atoms. The van der Waals surface area contributed by atoms with Crippen LogP contribution in [0, 0.1) is 5.92 Å². The smallest absolute Gasteiger partial charge is 0.343 e. The highest BCUT2D eigenvalue weighted by Gasteiger charge is 2.46. The molecule has 150 valence electrons. The highest BCUT2D eigenvalue weighted by atomic mass is 16.6. The zero-order valence-corrected chi connectivity index (χ0v) is 15.9. The van der Waals surface area contributed by atoms with E-state index in [9.17, 15) is 19.8 Å². The van der Waals surface area contributed by atoms with E-state index in [0.29, 0.717) is 29.1 Å². The summed E-state index contributed by atoms with van der Waals surface area (Å²) in [5.41, 5.74) is 7.15. The molecular formula is C21H21N3O5. The summed E-state index contributed by atoms with van der Waals surface area (Å²) in [7, 11) is 0. The van der Waals surface area contributed by atoms with Gasteiger partial charge in [0.05, 0.1) is 29.6 Å². The average Bonchev–Trinajstić information content (AvgIpc) is 3.08. The van der Waals surface area contributed by atoms with Crippen LogP contribution in [-0.2, 0) is 28.3 Å². The molecule has 0 radical (unpaired) electrons. The van der Waals surface area contributed by atoms with E-state index in [1.54, 1.807) is 23.6 Å². The van der Waals surface area contributed by atoms with Crippen LogP contribution in [0.25, 0.3) is 0 Å². The largest absolute Gasteiger partial charge is 0.508 e. The number of aliphatic hydroxyl groups excluding tert-OH is 1. The third-order valence-electron chi connectivity index (χ3n) is 6.35. The number of ether oxygens (including phenoxy) is 1. The third-order valence-corrected chi connectivity index (χ3v) is 6.35. The molecule has 8 nitrogen and oxygen atoms in total. The summed E-state index contributed by atoms with van der Waals surface area (Å²) in [6.45, 7) is 2.08. The van der Waals surface area contributed by atoms with E-state index in [1.165, 1.54) is 0 Å². The Kier molecular flexibility index (Phi) is 3.75. The van der Waals surface area contributed by atoms with E-state index in [-0.39, 0.29) is 42.9 Å². The first-order valence-electron chi connectivity index (χ1n) is 9.65. The van der Waals surface area contributed by atoms with Crippen molar-refractivity contribution in [3.05, 3.63) is 68.4 Å². The van der Waals surface area contributed by atoms with Crippen LogP contribution in [0.15, 0.2) is 51.0 Å². The van der Waals surface area contributed by atoms with Gasteiger partial charge in [-0.05, 0) is 29.7 Å². The monoisotopic (exact) mass is 395 g/mol. The Morgan fingerprint density at radius 2 is 2.21 bits per heavy atom. The Balaban J connectivity index is 1.68. The highest BCUT2D eigenvalue weighted by Crippen LogP contribution is 2.38. The van der Waals surface area contributed by atoms with Crippen LogP contribution in [0.5, 0.6) is 0 Å². The second-order valence-electron chi connectivity index (χ2n) is 7.76. The Hall–Kier alpha value is -2.97. The molecule has 3 aliphatic heterocycles. The summed E-state index contributed by atoms with van der Waals surface area (Å²) in [5, 5.41) is 21.0. The van der Waals surface area contributed by atoms with E-state index in [2.05, 4.69) is 0 Å². The number of esters is 1. The maximum absolute atomic E-state index is 13.1. The number of carbonyl (C=O) groups excluding carboxylic acids is 1. The van der Waals surface area contributed by atoms with Crippen LogP contribution in [-0.4, -0.2) is 39.0 Å². The number of hydrogen-bond acceptors (Lipinski definition) is 7. The summed E-state index contributed by atoms with van der Waals surface area (Å²) < 4.78 is 6.69. The van der Waals surface area contributed by atoms with E-state index < -0.39 is 11.6 Å². The van der Waals surface area contributed by atoms with Gasteiger partial charge >= 0.3 is 5.97 Å². The van der Waals surface area contributed by atoms with Crippen molar-refractivity contribution in [2.24, 2.45) is 16.6 Å². The summed E-state index contributed by atoms with van der Waals surface area (Å²) in [6.07, 6.45) is 5.54. The quantitative estimate of drug-likeness (QED) is 0.629. The summed E-state index contributed by atoms with van der Waals surface area (Å²) in [6, 6.07) is 1.47. The molecule has 0 bridgehead atoms. The molecule has 1 aromatic rings. The molecule has 0 saturated heterocycles. The SMILES string of the molecule is CC[C@@]1(O)C(=O)OCc2c1cc1n(c2=O)CC2=CC3C(CN)=C(O)C=CC3N=C21. The summed E-state index contributed by atoms with van der Waals surface area (Å²) >= 11 is 0. The molecule has 0 aromatic carbocycles. The maximum Gasteiger partial charge on any atom is 0.343 e. The van der Waals surface area contributed by atoms with Gasteiger partial charge in [-0.2, -0.15) is 0 Å². The molecule has 8 heteroatoms. The van der Waals surface area contributed by atoms with Crippen LogP contribution >= 0.6 is 0 Å². The topological polar surface area (TPSA) is 127 Å². The number of hydrogen-bond donors (Lipinski definition) is 3. The number of rotatable bonds is 2. The number of aliphatic imine (C=N–C) groups is 1. The first-order valence-corrected chi connectivity index (χ1v) is 9.65. The third kappa shape index (κ3) is 2.30. The molecule has 4 aliphatic rings. The molecule has 2 unspecified atom stereocenters. The van der Waals surface area contributed by atoms with Gasteiger partial charge in [-0.1, -0.05) is 19.1 Å². The number of allylic oxidation sites excluding steroid dienone is 2. The molecule has 4 N–H and O–H groups in total. The predicted octanol–water partition coefficient (Wildman–Crippen LogP) is 0.571. The van der Waals surface area contributed by atoms with Crippen molar-refractivity contribution in [1.29, 1.82) is 0 Å². The minimum atomic E-state index is -1.83. The van der Waals surface area contributed by atoms with Gasteiger partial charge in [0, 0.05) is 18.0 Å². The van der Waals surface area contributed by atoms with E-state index >= 15 is 0 Å². The summed E-state index contributed by atoms with van der Waals surface area (Å²) in [5.74, 6) is -0.725. The lowest BCUT2D eigenvalue weighted by atomic mass is 9.82. The molecule has 4 heterocycles. The van der Waals surface area contributed by atoms with Crippen molar-refractivity contribution in [3.63, 3.8) is 0 Å². The molecular weight excluding hydrogens is 374 g/mol. The predicted molar refractivity (Wildman–Crippen MR) is 104 cm³/mol. The number of nitrogens with two attached hydrogens (primary N) is 1. The fourth-order valence-electron chi connectivity index (χ4n) is 4.67. The summed E-state index contributed by atoms with van der Waals surface area (Å²) in [4.78, 5) is 30.2. The molecule has 3 atom stereocenters. The Morgan fingerprint density at radius 3 is 2.93 bits per heavy atom. The minimum Gasteiger partial charge on any atom is -0.508 e. The number of fused-ring (bicyclic) bond motifs is 5. The Morgan fingerprint density at radius 1 is 1.41 bits per heavy atom. The number of aromatic nitrogens is 1. The standard InChI is InChI=1S/C21H21N3O5/c1-2-21(28)14-6-16-18-10(8-24(16)19(26)13(14)9-29-20(21)27)5-11-12(7-22)17(25)4-3-15(11)23-18/h3-6,11,15,25,28H,2,7-9,22H2,1H3/t11?,15?,21-/m0/s1. The van der Waals surface area contributed by atoms with Gasteiger partial charge in [-0.25, -0.2) is 4.79 Å². The zero-order chi connectivity index (χ0) is 20.5. The minimum absolute atomic E-state index is 0.105. The van der Waals surface area contributed by atoms with Gasteiger partial charge < -0.3 is 25.3 Å². The normalized spacial score (nSPS) is 29.4. The van der Waals surface area contributed by atoms with Gasteiger partial charge in [0.2, 0.25) is 0 Å². The van der Waals surface area contributed by atoms with E-state index in [0.717, 1.165) is 11.1 Å². The first-order chi connectivity index (χ1) is 13.9. The molecule has 5 rings (SSSR count). The Bertz CT molecular complexity index is 1140. The van der Waals surface area contributed by atoms with Crippen molar-refractivity contribution < 1.29 is 19.7 Å². The lowest BCUT2D eigenvalue weighted by Crippen LogP contribution is -2.44. The van der Waals surface area contributed by atoms with Crippen LogP contribution in [0.1, 0.15) is 30.2 Å². The van der Waals surface area contributed by atoms with Crippen molar-refractivity contribution in [3.8, 4) is 0 Å². The van der Waals surface area contributed by atoms with Crippen molar-refractivity contribution >= 4 is 11.7 Å². The fourth-order valence-corrected chi connectivity index (χ4v) is 4.67. The fraction of sp³-hybridized carbons (Fsp3) is 0.381. The highest BCUT2D eigenvalue weighted by molar-refractivity contribution is 6.14.